The second-order valence-electron chi connectivity index (χ2n) is 6.48. The van der Waals surface area contributed by atoms with E-state index >= 15 is 0 Å². The zero-order chi connectivity index (χ0) is 14.9. The molecule has 3 unspecified atom stereocenters. The topological polar surface area (TPSA) is 83.6 Å². The van der Waals surface area contributed by atoms with Gasteiger partial charge in [-0.3, -0.25) is 9.59 Å². The highest BCUT2D eigenvalue weighted by molar-refractivity contribution is 5.83. The van der Waals surface area contributed by atoms with E-state index in [1.165, 1.54) is 0 Å². The van der Waals surface area contributed by atoms with Crippen molar-refractivity contribution in [1.29, 1.82) is 0 Å². The molecule has 2 aliphatic rings. The van der Waals surface area contributed by atoms with E-state index in [1.807, 2.05) is 18.7 Å². The molecule has 0 radical (unpaired) electrons. The number of carbonyl (C=O) groups is 2. The van der Waals surface area contributed by atoms with E-state index < -0.39 is 12.0 Å². The Morgan fingerprint density at radius 2 is 1.85 bits per heavy atom. The van der Waals surface area contributed by atoms with Crippen molar-refractivity contribution in [3.8, 4) is 0 Å². The van der Waals surface area contributed by atoms with Crippen molar-refractivity contribution in [2.45, 2.75) is 70.5 Å². The van der Waals surface area contributed by atoms with E-state index in [9.17, 15) is 9.59 Å². The molecule has 0 saturated carbocycles. The van der Waals surface area contributed by atoms with Crippen LogP contribution in [0.15, 0.2) is 0 Å². The lowest BCUT2D eigenvalue weighted by Gasteiger charge is -2.40. The molecule has 1 amide bonds. The van der Waals surface area contributed by atoms with E-state index in [4.69, 9.17) is 10.8 Å². The molecule has 2 fully saturated rings. The summed E-state index contributed by atoms with van der Waals surface area (Å²) in [6.45, 7) is 4.06. The van der Waals surface area contributed by atoms with Gasteiger partial charge < -0.3 is 15.7 Å². The molecule has 5 nitrogen and oxygen atoms in total. The number of hydrogen-bond acceptors (Lipinski definition) is 3. The number of carbonyl (C=O) groups excluding carboxylic acids is 1. The van der Waals surface area contributed by atoms with E-state index in [0.717, 1.165) is 32.1 Å². The van der Waals surface area contributed by atoms with Crippen molar-refractivity contribution < 1.29 is 14.7 Å². The fourth-order valence-corrected chi connectivity index (χ4v) is 3.73. The normalized spacial score (nSPS) is 31.9. The Morgan fingerprint density at radius 1 is 1.30 bits per heavy atom. The molecule has 0 aliphatic carbocycles. The van der Waals surface area contributed by atoms with Gasteiger partial charge in [0.05, 0.1) is 6.04 Å². The van der Waals surface area contributed by atoms with Gasteiger partial charge in [0.2, 0.25) is 5.91 Å². The highest BCUT2D eigenvalue weighted by Crippen LogP contribution is 2.40. The monoisotopic (exact) mass is 282 g/mol. The predicted molar refractivity (Wildman–Crippen MR) is 76.1 cm³/mol. The predicted octanol–water partition coefficient (Wildman–Crippen LogP) is 1.60. The molecule has 2 rings (SSSR count). The first-order chi connectivity index (χ1) is 9.43. The first-order valence-corrected chi connectivity index (χ1v) is 7.73. The summed E-state index contributed by atoms with van der Waals surface area (Å²) in [7, 11) is 0. The van der Waals surface area contributed by atoms with Crippen LogP contribution in [-0.4, -0.2) is 40.0 Å². The molecule has 2 aliphatic heterocycles. The zero-order valence-electron chi connectivity index (χ0n) is 12.4. The summed E-state index contributed by atoms with van der Waals surface area (Å²) < 4.78 is 0. The second kappa shape index (κ2) is 6.12. The molecule has 2 saturated heterocycles. The van der Waals surface area contributed by atoms with Crippen molar-refractivity contribution >= 4 is 11.9 Å². The lowest BCUT2D eigenvalue weighted by Crippen LogP contribution is -2.54. The second-order valence-corrected chi connectivity index (χ2v) is 6.48. The van der Waals surface area contributed by atoms with Gasteiger partial charge in [-0.25, -0.2) is 0 Å². The maximum Gasteiger partial charge on any atom is 0.303 e. The Morgan fingerprint density at radius 3 is 2.30 bits per heavy atom. The van der Waals surface area contributed by atoms with Gasteiger partial charge in [-0.1, -0.05) is 20.3 Å². The van der Waals surface area contributed by atoms with Crippen LogP contribution in [0, 0.1) is 11.8 Å². The van der Waals surface area contributed by atoms with Gasteiger partial charge in [-0.15, -0.1) is 0 Å². The minimum Gasteiger partial charge on any atom is -0.481 e. The third-order valence-corrected chi connectivity index (χ3v) is 5.09. The summed E-state index contributed by atoms with van der Waals surface area (Å²) in [6, 6.07) is 0.000496. The first kappa shape index (κ1) is 15.3. The van der Waals surface area contributed by atoms with Crippen LogP contribution in [0.3, 0.4) is 0 Å². The highest BCUT2D eigenvalue weighted by Gasteiger charge is 2.45. The van der Waals surface area contributed by atoms with Gasteiger partial charge >= 0.3 is 5.97 Å². The lowest BCUT2D eigenvalue weighted by atomic mass is 9.87. The Balaban J connectivity index is 2.02. The van der Waals surface area contributed by atoms with Gasteiger partial charge in [0.1, 0.15) is 0 Å². The summed E-state index contributed by atoms with van der Waals surface area (Å²) in [5.74, 6) is -0.251. The van der Waals surface area contributed by atoms with Crippen LogP contribution in [0.2, 0.25) is 0 Å². The number of aliphatic carboxylic acids is 1. The number of carboxylic acids is 1. The molecule has 0 aromatic heterocycles. The quantitative estimate of drug-likeness (QED) is 0.802. The lowest BCUT2D eigenvalue weighted by molar-refractivity contribution is -0.141. The summed E-state index contributed by atoms with van der Waals surface area (Å²) >= 11 is 0. The molecule has 0 aromatic carbocycles. The number of piperidine rings is 1. The van der Waals surface area contributed by atoms with Crippen molar-refractivity contribution in [2.75, 3.05) is 0 Å². The minimum atomic E-state index is -0.731. The third-order valence-electron chi connectivity index (χ3n) is 5.09. The Labute approximate surface area is 120 Å². The molecule has 20 heavy (non-hydrogen) atoms. The van der Waals surface area contributed by atoms with Crippen LogP contribution < -0.4 is 5.73 Å². The number of carboxylic acid groups (broad SMARTS) is 1. The van der Waals surface area contributed by atoms with E-state index in [0.29, 0.717) is 0 Å². The van der Waals surface area contributed by atoms with Crippen LogP contribution in [-0.2, 0) is 9.59 Å². The summed E-state index contributed by atoms with van der Waals surface area (Å²) in [5.41, 5.74) is 6.08. The van der Waals surface area contributed by atoms with Crippen molar-refractivity contribution in [3.63, 3.8) is 0 Å². The molecule has 0 aromatic rings. The average Bonchev–Trinajstić information content (AvgIpc) is 2.67. The summed E-state index contributed by atoms with van der Waals surface area (Å²) in [5, 5.41) is 8.93. The van der Waals surface area contributed by atoms with Gasteiger partial charge in [-0.05, 0) is 37.5 Å². The van der Waals surface area contributed by atoms with E-state index in [2.05, 4.69) is 0 Å². The molecule has 114 valence electrons. The van der Waals surface area contributed by atoms with Crippen LogP contribution in [0.25, 0.3) is 0 Å². The van der Waals surface area contributed by atoms with Crippen LogP contribution in [0.5, 0.6) is 0 Å². The smallest absolute Gasteiger partial charge is 0.303 e. The number of hydrogen-bond donors (Lipinski definition) is 2. The van der Waals surface area contributed by atoms with Crippen molar-refractivity contribution in [1.82, 2.24) is 4.90 Å². The molecule has 3 N–H and O–H groups in total. The molecule has 0 spiro atoms. The van der Waals surface area contributed by atoms with E-state index in [1.54, 1.807) is 0 Å². The number of nitrogens with zero attached hydrogens (tertiary/aromatic N) is 1. The average molecular weight is 282 g/mol. The van der Waals surface area contributed by atoms with Crippen molar-refractivity contribution in [3.05, 3.63) is 0 Å². The minimum absolute atomic E-state index is 0.0700. The largest absolute Gasteiger partial charge is 0.481 e. The zero-order valence-corrected chi connectivity index (χ0v) is 12.4. The van der Waals surface area contributed by atoms with Gasteiger partial charge in [0.25, 0.3) is 0 Å². The Hall–Kier alpha value is -1.10. The highest BCUT2D eigenvalue weighted by atomic mass is 16.4. The number of amides is 1. The van der Waals surface area contributed by atoms with Gasteiger partial charge in [0.15, 0.2) is 0 Å². The van der Waals surface area contributed by atoms with Gasteiger partial charge in [-0.2, -0.15) is 0 Å². The maximum absolute atomic E-state index is 12.6. The molecule has 5 heteroatoms. The fraction of sp³-hybridized carbons (Fsp3) is 0.867. The van der Waals surface area contributed by atoms with Crippen LogP contribution in [0.1, 0.15) is 52.4 Å². The Bertz CT molecular complexity index is 371. The summed E-state index contributed by atoms with van der Waals surface area (Å²) in [4.78, 5) is 25.4. The summed E-state index contributed by atoms with van der Waals surface area (Å²) in [6.07, 6.45) is 4.77. The number of nitrogens with two attached hydrogens (primary N) is 1. The molecular weight excluding hydrogens is 256 g/mol. The van der Waals surface area contributed by atoms with Crippen LogP contribution in [0.4, 0.5) is 0 Å². The van der Waals surface area contributed by atoms with Gasteiger partial charge in [0, 0.05) is 18.5 Å². The fourth-order valence-electron chi connectivity index (χ4n) is 3.73. The SMILES string of the molecule is CCC(C)[C@H](N)C(=O)N1C2CCC1CC(CC(=O)O)C2. The number of fused-ring (bicyclic) bond motifs is 2. The van der Waals surface area contributed by atoms with E-state index in [-0.39, 0.29) is 36.2 Å². The molecule has 2 bridgehead atoms. The maximum atomic E-state index is 12.6. The molecule has 4 atom stereocenters. The van der Waals surface area contributed by atoms with Crippen molar-refractivity contribution in [2.24, 2.45) is 17.6 Å². The number of rotatable bonds is 5. The standard InChI is InChI=1S/C15H26N2O3/c1-3-9(2)14(16)15(20)17-11-4-5-12(17)7-10(6-11)8-13(18)19/h9-12,14H,3-8,16H2,1-2H3,(H,18,19)/t9?,10?,11?,12?,14-/m0/s1. The Kier molecular flexibility index (Phi) is 4.68. The van der Waals surface area contributed by atoms with Crippen LogP contribution >= 0.6 is 0 Å². The third kappa shape index (κ3) is 2.97. The molecule has 2 heterocycles. The molecular formula is C15H26N2O3. The first-order valence-electron chi connectivity index (χ1n) is 7.73.